The summed E-state index contributed by atoms with van der Waals surface area (Å²) < 4.78 is 32.1. The Hall–Kier alpha value is -1.34. The fourth-order valence-corrected chi connectivity index (χ4v) is 3.42. The van der Waals surface area contributed by atoms with Crippen molar-refractivity contribution in [2.75, 3.05) is 0 Å². The van der Waals surface area contributed by atoms with Gasteiger partial charge in [-0.2, -0.15) is 0 Å². The molecule has 0 spiro atoms. The maximum Gasteiger partial charge on any atom is 0.241 e. The summed E-state index contributed by atoms with van der Waals surface area (Å²) >= 11 is 5.88. The van der Waals surface area contributed by atoms with Crippen LogP contribution in [0, 0.1) is 6.92 Å². The molecular formula is C13H14ClNO4S. The second kappa shape index (κ2) is 5.97. The van der Waals surface area contributed by atoms with Gasteiger partial charge in [0, 0.05) is 5.02 Å². The van der Waals surface area contributed by atoms with Crippen molar-refractivity contribution in [3.8, 4) is 0 Å². The Kier molecular flexibility index (Phi) is 4.49. The molecule has 1 heterocycles. The molecule has 2 N–H and O–H groups in total. The molecule has 2 aromatic rings. The van der Waals surface area contributed by atoms with E-state index < -0.39 is 10.0 Å². The van der Waals surface area contributed by atoms with E-state index in [0.717, 1.165) is 0 Å². The largest absolute Gasteiger partial charge is 0.468 e. The number of hydrogen-bond acceptors (Lipinski definition) is 4. The summed E-state index contributed by atoms with van der Waals surface area (Å²) in [6, 6.07) is 6.26. The quantitative estimate of drug-likeness (QED) is 0.886. The molecule has 0 aliphatic heterocycles. The van der Waals surface area contributed by atoms with Crippen LogP contribution in [0.5, 0.6) is 0 Å². The van der Waals surface area contributed by atoms with Crippen LogP contribution in [-0.2, 0) is 23.2 Å². The summed E-state index contributed by atoms with van der Waals surface area (Å²) in [6.45, 7) is 1.41. The molecule has 0 atom stereocenters. The van der Waals surface area contributed by atoms with Gasteiger partial charge < -0.3 is 9.52 Å². The summed E-state index contributed by atoms with van der Waals surface area (Å²) in [5.74, 6) is 0.510. The monoisotopic (exact) mass is 315 g/mol. The normalized spacial score (nSPS) is 11.8. The molecule has 108 valence electrons. The van der Waals surface area contributed by atoms with Crippen LogP contribution in [0.4, 0.5) is 0 Å². The van der Waals surface area contributed by atoms with E-state index in [0.29, 0.717) is 16.9 Å². The van der Waals surface area contributed by atoms with E-state index in [1.165, 1.54) is 12.3 Å². The molecule has 1 aromatic heterocycles. The first-order chi connectivity index (χ1) is 9.44. The lowest BCUT2D eigenvalue weighted by atomic mass is 10.1. The van der Waals surface area contributed by atoms with E-state index in [1.54, 1.807) is 25.1 Å². The molecule has 0 bridgehead atoms. The SMILES string of the molecule is Cc1c(CO)cc(Cl)cc1S(=O)(=O)NCc1ccco1. The molecule has 0 fully saturated rings. The number of rotatable bonds is 5. The zero-order valence-corrected chi connectivity index (χ0v) is 12.3. The Morgan fingerprint density at radius 1 is 1.40 bits per heavy atom. The number of sulfonamides is 1. The van der Waals surface area contributed by atoms with Crippen LogP contribution < -0.4 is 4.72 Å². The molecule has 0 saturated heterocycles. The molecule has 20 heavy (non-hydrogen) atoms. The Bertz CT molecular complexity index is 695. The lowest BCUT2D eigenvalue weighted by molar-refractivity contribution is 0.280. The first kappa shape index (κ1) is 15.1. The van der Waals surface area contributed by atoms with Crippen molar-refractivity contribution in [1.29, 1.82) is 0 Å². The van der Waals surface area contributed by atoms with Crippen LogP contribution in [0.1, 0.15) is 16.9 Å². The van der Waals surface area contributed by atoms with Gasteiger partial charge in [-0.3, -0.25) is 0 Å². The Labute approximate surface area is 122 Å². The third-order valence-corrected chi connectivity index (χ3v) is 4.65. The van der Waals surface area contributed by atoms with Crippen LogP contribution >= 0.6 is 11.6 Å². The molecule has 0 aliphatic rings. The van der Waals surface area contributed by atoms with Gasteiger partial charge >= 0.3 is 0 Å². The number of nitrogens with one attached hydrogen (secondary N) is 1. The molecular weight excluding hydrogens is 302 g/mol. The molecule has 2 rings (SSSR count). The molecule has 1 aromatic carbocycles. The molecule has 0 saturated carbocycles. The van der Waals surface area contributed by atoms with Gasteiger partial charge in [-0.25, -0.2) is 13.1 Å². The van der Waals surface area contributed by atoms with E-state index in [-0.39, 0.29) is 23.1 Å². The lowest BCUT2D eigenvalue weighted by Crippen LogP contribution is -2.24. The van der Waals surface area contributed by atoms with Gasteiger partial charge in [-0.05, 0) is 42.3 Å². The number of hydrogen-bond donors (Lipinski definition) is 2. The van der Waals surface area contributed by atoms with Gasteiger partial charge in [0.25, 0.3) is 0 Å². The van der Waals surface area contributed by atoms with Crippen molar-refractivity contribution in [2.24, 2.45) is 0 Å². The van der Waals surface area contributed by atoms with Crippen LogP contribution in [0.25, 0.3) is 0 Å². The zero-order valence-electron chi connectivity index (χ0n) is 10.8. The van der Waals surface area contributed by atoms with Crippen molar-refractivity contribution in [3.63, 3.8) is 0 Å². The van der Waals surface area contributed by atoms with Crippen molar-refractivity contribution in [1.82, 2.24) is 4.72 Å². The first-order valence-electron chi connectivity index (χ1n) is 5.86. The topological polar surface area (TPSA) is 79.5 Å². The Balaban J connectivity index is 2.31. The Morgan fingerprint density at radius 3 is 2.75 bits per heavy atom. The maximum absolute atomic E-state index is 12.3. The number of halogens is 1. The van der Waals surface area contributed by atoms with Gasteiger partial charge in [0.1, 0.15) is 5.76 Å². The van der Waals surface area contributed by atoms with E-state index >= 15 is 0 Å². The van der Waals surface area contributed by atoms with E-state index in [2.05, 4.69) is 4.72 Å². The summed E-state index contributed by atoms with van der Waals surface area (Å²) in [5.41, 5.74) is 0.958. The van der Waals surface area contributed by atoms with Crippen LogP contribution in [0.15, 0.2) is 39.8 Å². The average molecular weight is 316 g/mol. The van der Waals surface area contributed by atoms with Crippen molar-refractivity contribution < 1.29 is 17.9 Å². The van der Waals surface area contributed by atoms with Crippen LogP contribution in [0.3, 0.4) is 0 Å². The molecule has 0 radical (unpaired) electrons. The highest BCUT2D eigenvalue weighted by molar-refractivity contribution is 7.89. The van der Waals surface area contributed by atoms with Gasteiger partial charge in [-0.1, -0.05) is 11.6 Å². The minimum absolute atomic E-state index is 0.0513. The fourth-order valence-electron chi connectivity index (χ4n) is 1.81. The second-order valence-corrected chi connectivity index (χ2v) is 6.42. The summed E-state index contributed by atoms with van der Waals surface area (Å²) in [4.78, 5) is 0.0561. The van der Waals surface area contributed by atoms with Crippen molar-refractivity contribution in [2.45, 2.75) is 25.0 Å². The van der Waals surface area contributed by atoms with E-state index in [9.17, 15) is 13.5 Å². The number of furan rings is 1. The minimum Gasteiger partial charge on any atom is -0.468 e. The Morgan fingerprint density at radius 2 is 2.15 bits per heavy atom. The number of aliphatic hydroxyl groups is 1. The fraction of sp³-hybridized carbons (Fsp3) is 0.231. The second-order valence-electron chi connectivity index (χ2n) is 4.25. The van der Waals surface area contributed by atoms with Crippen molar-refractivity contribution >= 4 is 21.6 Å². The lowest BCUT2D eigenvalue weighted by Gasteiger charge is -2.12. The molecule has 0 aliphatic carbocycles. The first-order valence-corrected chi connectivity index (χ1v) is 7.72. The van der Waals surface area contributed by atoms with Crippen molar-refractivity contribution in [3.05, 3.63) is 52.4 Å². The van der Waals surface area contributed by atoms with E-state index in [1.807, 2.05) is 0 Å². The number of aliphatic hydroxyl groups excluding tert-OH is 1. The molecule has 0 amide bonds. The third-order valence-electron chi connectivity index (χ3n) is 2.91. The zero-order chi connectivity index (χ0) is 14.8. The molecule has 7 heteroatoms. The molecule has 0 unspecified atom stereocenters. The third kappa shape index (κ3) is 3.21. The minimum atomic E-state index is -3.73. The highest BCUT2D eigenvalue weighted by Crippen LogP contribution is 2.24. The highest BCUT2D eigenvalue weighted by atomic mass is 35.5. The standard InChI is InChI=1S/C13H14ClNO4S/c1-9-10(8-16)5-11(14)6-13(9)20(17,18)15-7-12-3-2-4-19-12/h2-6,15-16H,7-8H2,1H3. The van der Waals surface area contributed by atoms with Gasteiger partial charge in [0.15, 0.2) is 0 Å². The predicted molar refractivity (Wildman–Crippen MR) is 74.8 cm³/mol. The predicted octanol–water partition coefficient (Wildman–Crippen LogP) is 2.21. The van der Waals surface area contributed by atoms with E-state index in [4.69, 9.17) is 16.0 Å². The van der Waals surface area contributed by atoms with Crippen LogP contribution in [0.2, 0.25) is 5.02 Å². The summed E-state index contributed by atoms with van der Waals surface area (Å²) in [5, 5.41) is 9.49. The molecule has 5 nitrogen and oxygen atoms in total. The maximum atomic E-state index is 12.3. The highest BCUT2D eigenvalue weighted by Gasteiger charge is 2.19. The smallest absolute Gasteiger partial charge is 0.241 e. The summed E-state index contributed by atoms with van der Waals surface area (Å²) in [7, 11) is -3.73. The van der Waals surface area contributed by atoms with Gasteiger partial charge in [0.05, 0.1) is 24.3 Å². The number of benzene rings is 1. The average Bonchev–Trinajstić information content (AvgIpc) is 2.92. The van der Waals surface area contributed by atoms with Gasteiger partial charge in [0.2, 0.25) is 10.0 Å². The van der Waals surface area contributed by atoms with Gasteiger partial charge in [-0.15, -0.1) is 0 Å². The summed E-state index contributed by atoms with van der Waals surface area (Å²) in [6.07, 6.45) is 1.47. The van der Waals surface area contributed by atoms with Crippen LogP contribution in [-0.4, -0.2) is 13.5 Å².